The fourth-order valence-electron chi connectivity index (χ4n) is 0.827. The van der Waals surface area contributed by atoms with Crippen molar-refractivity contribution in [2.45, 2.75) is 20.0 Å². The van der Waals surface area contributed by atoms with E-state index in [0.717, 1.165) is 0 Å². The van der Waals surface area contributed by atoms with Crippen molar-refractivity contribution in [2.24, 2.45) is 0 Å². The van der Waals surface area contributed by atoms with Crippen LogP contribution in [0.2, 0.25) is 0 Å². The van der Waals surface area contributed by atoms with Crippen LogP contribution in [-0.2, 0) is 0 Å². The van der Waals surface area contributed by atoms with Crippen molar-refractivity contribution < 1.29 is 9.53 Å². The standard InChI is InChI=1S/C8H10ClN3O2/c1-4(2)14-7-5(6(9)13)3-11-8(10)12-7/h3-4H,1-2H3,(H2,10,11,12). The van der Waals surface area contributed by atoms with Crippen LogP contribution in [0.1, 0.15) is 24.2 Å². The van der Waals surface area contributed by atoms with Crippen LogP contribution in [0.4, 0.5) is 5.95 Å². The number of hydrogen-bond donors (Lipinski definition) is 1. The van der Waals surface area contributed by atoms with Gasteiger partial charge in [-0.15, -0.1) is 0 Å². The molecule has 0 aliphatic carbocycles. The highest BCUT2D eigenvalue weighted by atomic mass is 35.5. The maximum atomic E-state index is 10.9. The number of nitrogen functional groups attached to an aromatic ring is 1. The van der Waals surface area contributed by atoms with Gasteiger partial charge in [-0.05, 0) is 25.4 Å². The maximum Gasteiger partial charge on any atom is 0.259 e. The molecule has 0 fully saturated rings. The molecule has 2 N–H and O–H groups in total. The SMILES string of the molecule is CC(C)Oc1nc(N)ncc1C(=O)Cl. The number of hydrogen-bond acceptors (Lipinski definition) is 5. The number of ether oxygens (including phenoxy) is 1. The summed E-state index contributed by atoms with van der Waals surface area (Å²) in [7, 11) is 0. The van der Waals surface area contributed by atoms with Crippen LogP contribution >= 0.6 is 11.6 Å². The Morgan fingerprint density at radius 2 is 2.29 bits per heavy atom. The van der Waals surface area contributed by atoms with Gasteiger partial charge in [0.15, 0.2) is 0 Å². The zero-order valence-corrected chi connectivity index (χ0v) is 8.58. The molecule has 1 aromatic rings. The molecule has 1 rings (SSSR count). The Kier molecular flexibility index (Phi) is 3.24. The van der Waals surface area contributed by atoms with E-state index in [0.29, 0.717) is 0 Å². The number of aromatic nitrogens is 2. The van der Waals surface area contributed by atoms with Crippen LogP contribution in [0.25, 0.3) is 0 Å². The molecule has 76 valence electrons. The van der Waals surface area contributed by atoms with E-state index in [9.17, 15) is 4.79 Å². The minimum atomic E-state index is -0.666. The van der Waals surface area contributed by atoms with Gasteiger partial charge in [0, 0.05) is 6.20 Å². The van der Waals surface area contributed by atoms with Crippen molar-refractivity contribution in [1.82, 2.24) is 9.97 Å². The first kappa shape index (κ1) is 10.7. The highest BCUT2D eigenvalue weighted by Crippen LogP contribution is 2.18. The first-order valence-electron chi connectivity index (χ1n) is 3.99. The zero-order chi connectivity index (χ0) is 10.7. The summed E-state index contributed by atoms with van der Waals surface area (Å²) >= 11 is 5.30. The predicted molar refractivity (Wildman–Crippen MR) is 52.4 cm³/mol. The van der Waals surface area contributed by atoms with Crippen LogP contribution in [0.5, 0.6) is 5.88 Å². The molecular formula is C8H10ClN3O2. The number of halogens is 1. The zero-order valence-electron chi connectivity index (χ0n) is 7.82. The molecular weight excluding hydrogens is 206 g/mol. The molecule has 0 aromatic carbocycles. The van der Waals surface area contributed by atoms with Gasteiger partial charge in [0.2, 0.25) is 11.8 Å². The van der Waals surface area contributed by atoms with E-state index >= 15 is 0 Å². The van der Waals surface area contributed by atoms with Crippen molar-refractivity contribution in [1.29, 1.82) is 0 Å². The summed E-state index contributed by atoms with van der Waals surface area (Å²) in [6.45, 7) is 3.61. The molecule has 1 heterocycles. The summed E-state index contributed by atoms with van der Waals surface area (Å²) in [4.78, 5) is 18.3. The largest absolute Gasteiger partial charge is 0.474 e. The van der Waals surface area contributed by atoms with E-state index in [1.165, 1.54) is 6.20 Å². The molecule has 0 spiro atoms. The van der Waals surface area contributed by atoms with E-state index in [-0.39, 0.29) is 23.5 Å². The molecule has 0 atom stereocenters. The lowest BCUT2D eigenvalue weighted by Gasteiger charge is -2.10. The van der Waals surface area contributed by atoms with Crippen LogP contribution < -0.4 is 10.5 Å². The van der Waals surface area contributed by atoms with Gasteiger partial charge in [-0.2, -0.15) is 4.98 Å². The quantitative estimate of drug-likeness (QED) is 0.768. The smallest absolute Gasteiger partial charge is 0.259 e. The van der Waals surface area contributed by atoms with Crippen molar-refractivity contribution in [3.63, 3.8) is 0 Å². The second-order valence-corrected chi connectivity index (χ2v) is 3.23. The van der Waals surface area contributed by atoms with Crippen LogP contribution in [0.3, 0.4) is 0 Å². The van der Waals surface area contributed by atoms with E-state index in [2.05, 4.69) is 9.97 Å². The fourth-order valence-corrected chi connectivity index (χ4v) is 0.957. The number of carbonyl (C=O) groups excluding carboxylic acids is 1. The predicted octanol–water partition coefficient (Wildman–Crippen LogP) is 1.22. The Hall–Kier alpha value is -1.36. The molecule has 0 aliphatic heterocycles. The summed E-state index contributed by atoms with van der Waals surface area (Å²) in [5, 5.41) is -0.666. The van der Waals surface area contributed by atoms with Crippen LogP contribution in [0.15, 0.2) is 6.20 Å². The lowest BCUT2D eigenvalue weighted by molar-refractivity contribution is 0.107. The summed E-state index contributed by atoms with van der Waals surface area (Å²) in [6.07, 6.45) is 1.13. The second-order valence-electron chi connectivity index (χ2n) is 2.89. The maximum absolute atomic E-state index is 10.9. The molecule has 6 heteroatoms. The van der Waals surface area contributed by atoms with Crippen molar-refractivity contribution in [2.75, 3.05) is 5.73 Å². The molecule has 0 amide bonds. The third-order valence-electron chi connectivity index (χ3n) is 1.33. The fraction of sp³-hybridized carbons (Fsp3) is 0.375. The summed E-state index contributed by atoms with van der Waals surface area (Å²) in [5.41, 5.74) is 5.47. The number of rotatable bonds is 3. The van der Waals surface area contributed by atoms with Crippen molar-refractivity contribution in [3.05, 3.63) is 11.8 Å². The lowest BCUT2D eigenvalue weighted by Crippen LogP contribution is -2.11. The van der Waals surface area contributed by atoms with E-state index in [1.807, 2.05) is 0 Å². The van der Waals surface area contributed by atoms with E-state index in [1.54, 1.807) is 13.8 Å². The van der Waals surface area contributed by atoms with Crippen LogP contribution in [-0.4, -0.2) is 21.3 Å². The van der Waals surface area contributed by atoms with Gasteiger partial charge in [0.25, 0.3) is 5.24 Å². The Balaban J connectivity index is 3.09. The first-order valence-corrected chi connectivity index (χ1v) is 4.37. The minimum absolute atomic E-state index is 0.0438. The molecule has 0 aliphatic rings. The molecule has 0 bridgehead atoms. The van der Waals surface area contributed by atoms with Gasteiger partial charge >= 0.3 is 0 Å². The molecule has 5 nitrogen and oxygen atoms in total. The molecule has 0 unspecified atom stereocenters. The number of carbonyl (C=O) groups is 1. The Morgan fingerprint density at radius 3 is 2.79 bits per heavy atom. The Morgan fingerprint density at radius 1 is 1.64 bits per heavy atom. The molecule has 14 heavy (non-hydrogen) atoms. The van der Waals surface area contributed by atoms with E-state index < -0.39 is 5.24 Å². The third-order valence-corrected chi connectivity index (χ3v) is 1.54. The lowest BCUT2D eigenvalue weighted by atomic mass is 10.3. The molecule has 0 radical (unpaired) electrons. The monoisotopic (exact) mass is 215 g/mol. The number of nitrogens with two attached hydrogens (primary N) is 1. The van der Waals surface area contributed by atoms with Crippen LogP contribution in [0, 0.1) is 0 Å². The van der Waals surface area contributed by atoms with Crippen molar-refractivity contribution >= 4 is 22.8 Å². The highest BCUT2D eigenvalue weighted by Gasteiger charge is 2.14. The summed E-state index contributed by atoms with van der Waals surface area (Å²) in [6, 6.07) is 0. The Bertz CT molecular complexity index is 354. The minimum Gasteiger partial charge on any atom is -0.474 e. The number of anilines is 1. The Labute approximate surface area is 86.2 Å². The topological polar surface area (TPSA) is 78.1 Å². The second kappa shape index (κ2) is 4.23. The highest BCUT2D eigenvalue weighted by molar-refractivity contribution is 6.68. The summed E-state index contributed by atoms with van der Waals surface area (Å²) in [5.74, 6) is 0.162. The van der Waals surface area contributed by atoms with Gasteiger partial charge < -0.3 is 10.5 Å². The normalized spacial score (nSPS) is 10.3. The first-order chi connectivity index (χ1) is 6.50. The van der Waals surface area contributed by atoms with E-state index in [4.69, 9.17) is 22.1 Å². The average Bonchev–Trinajstić information content (AvgIpc) is 2.01. The molecule has 0 saturated heterocycles. The van der Waals surface area contributed by atoms with Crippen molar-refractivity contribution in [3.8, 4) is 5.88 Å². The third kappa shape index (κ3) is 2.56. The molecule has 1 aromatic heterocycles. The number of nitrogens with zero attached hydrogens (tertiary/aromatic N) is 2. The average molecular weight is 216 g/mol. The van der Waals surface area contributed by atoms with Gasteiger partial charge in [0.1, 0.15) is 5.56 Å². The van der Waals surface area contributed by atoms with Gasteiger partial charge in [-0.25, -0.2) is 4.98 Å². The van der Waals surface area contributed by atoms with Gasteiger partial charge in [-0.1, -0.05) is 0 Å². The summed E-state index contributed by atoms with van der Waals surface area (Å²) < 4.78 is 5.25. The van der Waals surface area contributed by atoms with Gasteiger partial charge in [-0.3, -0.25) is 4.79 Å². The molecule has 0 saturated carbocycles. The van der Waals surface area contributed by atoms with Gasteiger partial charge in [0.05, 0.1) is 6.10 Å².